The van der Waals surface area contributed by atoms with Crippen LogP contribution in [0.25, 0.3) is 0 Å². The highest BCUT2D eigenvalue weighted by molar-refractivity contribution is 8.13. The predicted molar refractivity (Wildman–Crippen MR) is 97.7 cm³/mol. The Morgan fingerprint density at radius 2 is 1.75 bits per heavy atom. The van der Waals surface area contributed by atoms with Crippen LogP contribution < -0.4 is 4.74 Å². The number of rotatable bonds is 8. The van der Waals surface area contributed by atoms with Crippen molar-refractivity contribution in [3.8, 4) is 5.75 Å². The van der Waals surface area contributed by atoms with Gasteiger partial charge in [-0.3, -0.25) is 5.41 Å². The lowest BCUT2D eigenvalue weighted by Gasteiger charge is -2.07. The van der Waals surface area contributed by atoms with E-state index < -0.39 is 0 Å². The zero-order valence-electron chi connectivity index (χ0n) is 13.7. The standard InChI is InChI=1S/C19H21NO3S/c1-2-22-19(21)13-23-17-10-8-15(9-11-17)12-18(20)24-14-16-6-4-3-5-7-16/h3-11,20H,2,12-14H2,1H3. The first-order valence-corrected chi connectivity index (χ1v) is 8.77. The van der Waals surface area contributed by atoms with Crippen molar-refractivity contribution in [1.29, 1.82) is 5.41 Å². The van der Waals surface area contributed by atoms with Gasteiger partial charge in [0.1, 0.15) is 5.75 Å². The van der Waals surface area contributed by atoms with Gasteiger partial charge < -0.3 is 9.47 Å². The van der Waals surface area contributed by atoms with Crippen molar-refractivity contribution >= 4 is 22.8 Å². The van der Waals surface area contributed by atoms with Gasteiger partial charge in [-0.1, -0.05) is 42.5 Å². The fourth-order valence-corrected chi connectivity index (χ4v) is 2.83. The first kappa shape index (κ1) is 18.1. The molecule has 0 aliphatic heterocycles. The van der Waals surface area contributed by atoms with Crippen LogP contribution in [-0.2, 0) is 21.7 Å². The fraction of sp³-hybridized carbons (Fsp3) is 0.263. The maximum Gasteiger partial charge on any atom is 0.344 e. The van der Waals surface area contributed by atoms with Crippen LogP contribution in [-0.4, -0.2) is 24.2 Å². The Kier molecular flexibility index (Phi) is 7.36. The van der Waals surface area contributed by atoms with E-state index in [1.165, 1.54) is 17.3 Å². The lowest BCUT2D eigenvalue weighted by molar-refractivity contribution is -0.145. The van der Waals surface area contributed by atoms with Gasteiger partial charge in [0.25, 0.3) is 0 Å². The van der Waals surface area contributed by atoms with Crippen LogP contribution in [0.15, 0.2) is 54.6 Å². The van der Waals surface area contributed by atoms with Crippen molar-refractivity contribution < 1.29 is 14.3 Å². The molecule has 0 spiro atoms. The molecule has 0 aromatic heterocycles. The first-order chi connectivity index (χ1) is 11.7. The molecule has 0 atom stereocenters. The summed E-state index contributed by atoms with van der Waals surface area (Å²) in [5.74, 6) is 1.05. The van der Waals surface area contributed by atoms with Crippen LogP contribution in [0.5, 0.6) is 5.75 Å². The molecular weight excluding hydrogens is 322 g/mol. The van der Waals surface area contributed by atoms with Crippen LogP contribution in [0.1, 0.15) is 18.1 Å². The third-order valence-electron chi connectivity index (χ3n) is 3.21. The normalized spacial score (nSPS) is 10.2. The largest absolute Gasteiger partial charge is 0.482 e. The summed E-state index contributed by atoms with van der Waals surface area (Å²) < 4.78 is 10.2. The quantitative estimate of drug-likeness (QED) is 0.446. The van der Waals surface area contributed by atoms with Gasteiger partial charge in [-0.25, -0.2) is 4.79 Å². The minimum absolute atomic E-state index is 0.0874. The van der Waals surface area contributed by atoms with Crippen molar-refractivity contribution in [1.82, 2.24) is 0 Å². The minimum Gasteiger partial charge on any atom is -0.482 e. The SMILES string of the molecule is CCOC(=O)COc1ccc(CC(=N)SCc2ccccc2)cc1. The first-order valence-electron chi connectivity index (χ1n) is 7.79. The molecule has 0 fully saturated rings. The van der Waals surface area contributed by atoms with Gasteiger partial charge in [0, 0.05) is 12.2 Å². The molecule has 0 unspecified atom stereocenters. The molecule has 2 aromatic carbocycles. The number of esters is 1. The molecule has 0 heterocycles. The lowest BCUT2D eigenvalue weighted by atomic mass is 10.1. The Morgan fingerprint density at radius 1 is 1.04 bits per heavy atom. The summed E-state index contributed by atoms with van der Waals surface area (Å²) >= 11 is 1.54. The number of benzene rings is 2. The van der Waals surface area contributed by atoms with Gasteiger partial charge in [0.2, 0.25) is 0 Å². The second kappa shape index (κ2) is 9.78. The Hall–Kier alpha value is -2.27. The van der Waals surface area contributed by atoms with Crippen molar-refractivity contribution in [3.63, 3.8) is 0 Å². The molecule has 5 heteroatoms. The molecule has 1 N–H and O–H groups in total. The van der Waals surface area contributed by atoms with Crippen molar-refractivity contribution in [2.75, 3.05) is 13.2 Å². The number of hydrogen-bond acceptors (Lipinski definition) is 5. The molecule has 0 radical (unpaired) electrons. The highest BCUT2D eigenvalue weighted by Gasteiger charge is 2.05. The molecule has 126 valence electrons. The number of carbonyl (C=O) groups is 1. The Balaban J connectivity index is 1.76. The molecular formula is C19H21NO3S. The number of carbonyl (C=O) groups excluding carboxylic acids is 1. The molecule has 2 rings (SSSR count). The van der Waals surface area contributed by atoms with E-state index in [-0.39, 0.29) is 12.6 Å². The van der Waals surface area contributed by atoms with Gasteiger partial charge in [-0.05, 0) is 30.2 Å². The molecule has 0 bridgehead atoms. The topological polar surface area (TPSA) is 59.4 Å². The van der Waals surface area contributed by atoms with E-state index in [1.807, 2.05) is 42.5 Å². The van der Waals surface area contributed by atoms with Crippen molar-refractivity contribution in [3.05, 3.63) is 65.7 Å². The summed E-state index contributed by atoms with van der Waals surface area (Å²) in [6, 6.07) is 17.6. The number of thioether (sulfide) groups is 1. The summed E-state index contributed by atoms with van der Waals surface area (Å²) in [5.41, 5.74) is 2.26. The van der Waals surface area contributed by atoms with Crippen molar-refractivity contribution in [2.24, 2.45) is 0 Å². The van der Waals surface area contributed by atoms with E-state index >= 15 is 0 Å². The molecule has 0 saturated heterocycles. The van der Waals surface area contributed by atoms with E-state index in [4.69, 9.17) is 14.9 Å². The maximum absolute atomic E-state index is 11.2. The van der Waals surface area contributed by atoms with Crippen LogP contribution >= 0.6 is 11.8 Å². The van der Waals surface area contributed by atoms with Crippen LogP contribution in [0.3, 0.4) is 0 Å². The van der Waals surface area contributed by atoms with Crippen LogP contribution in [0, 0.1) is 5.41 Å². The lowest BCUT2D eigenvalue weighted by Crippen LogP contribution is -2.14. The summed E-state index contributed by atoms with van der Waals surface area (Å²) in [4.78, 5) is 11.2. The maximum atomic E-state index is 11.2. The average Bonchev–Trinajstić information content (AvgIpc) is 2.60. The fourth-order valence-electron chi connectivity index (χ4n) is 2.03. The number of hydrogen-bond donors (Lipinski definition) is 1. The number of nitrogens with one attached hydrogen (secondary N) is 1. The Bertz CT molecular complexity index is 656. The predicted octanol–water partition coefficient (Wildman–Crippen LogP) is 4.08. The molecule has 0 aliphatic carbocycles. The molecule has 0 saturated carbocycles. The molecule has 2 aromatic rings. The molecule has 0 aliphatic rings. The van der Waals surface area contributed by atoms with E-state index in [2.05, 4.69) is 12.1 Å². The van der Waals surface area contributed by atoms with E-state index in [0.717, 1.165) is 11.3 Å². The smallest absolute Gasteiger partial charge is 0.344 e. The van der Waals surface area contributed by atoms with Gasteiger partial charge in [0.15, 0.2) is 6.61 Å². The second-order valence-corrected chi connectivity index (χ2v) is 6.18. The van der Waals surface area contributed by atoms with Gasteiger partial charge in [-0.15, -0.1) is 11.8 Å². The third kappa shape index (κ3) is 6.46. The second-order valence-electron chi connectivity index (χ2n) is 5.11. The summed E-state index contributed by atoms with van der Waals surface area (Å²) in [6.45, 7) is 2.03. The minimum atomic E-state index is -0.374. The Labute approximate surface area is 146 Å². The number of ether oxygens (including phenoxy) is 2. The van der Waals surface area contributed by atoms with Crippen molar-refractivity contribution in [2.45, 2.75) is 19.1 Å². The van der Waals surface area contributed by atoms with Gasteiger partial charge in [-0.2, -0.15) is 0 Å². The van der Waals surface area contributed by atoms with E-state index in [0.29, 0.717) is 23.8 Å². The van der Waals surface area contributed by atoms with E-state index in [9.17, 15) is 4.79 Å². The Morgan fingerprint density at radius 3 is 2.42 bits per heavy atom. The zero-order valence-corrected chi connectivity index (χ0v) is 14.5. The third-order valence-corrected chi connectivity index (χ3v) is 4.18. The van der Waals surface area contributed by atoms with Gasteiger partial charge in [0.05, 0.1) is 11.7 Å². The van der Waals surface area contributed by atoms with Gasteiger partial charge >= 0.3 is 5.97 Å². The van der Waals surface area contributed by atoms with E-state index in [1.54, 1.807) is 6.92 Å². The summed E-state index contributed by atoms with van der Waals surface area (Å²) in [7, 11) is 0. The molecule has 0 amide bonds. The van der Waals surface area contributed by atoms with Crippen LogP contribution in [0.4, 0.5) is 0 Å². The molecule has 4 nitrogen and oxygen atoms in total. The highest BCUT2D eigenvalue weighted by Crippen LogP contribution is 2.18. The molecule has 24 heavy (non-hydrogen) atoms. The average molecular weight is 343 g/mol. The monoisotopic (exact) mass is 343 g/mol. The summed E-state index contributed by atoms with van der Waals surface area (Å²) in [5, 5.41) is 8.71. The summed E-state index contributed by atoms with van der Waals surface area (Å²) in [6.07, 6.45) is 0.593. The van der Waals surface area contributed by atoms with Crippen LogP contribution in [0.2, 0.25) is 0 Å². The highest BCUT2D eigenvalue weighted by atomic mass is 32.2. The zero-order chi connectivity index (χ0) is 17.2.